The Hall–Kier alpha value is -0.770. The molecule has 0 fully saturated rings. The molecule has 3 nitrogen and oxygen atoms in total. The lowest BCUT2D eigenvalue weighted by Crippen LogP contribution is -2.05. The van der Waals surface area contributed by atoms with Crippen molar-refractivity contribution in [2.75, 3.05) is 7.11 Å². The zero-order chi connectivity index (χ0) is 8.97. The summed E-state index contributed by atoms with van der Waals surface area (Å²) in [6.45, 7) is 0.379. The van der Waals surface area contributed by atoms with Crippen LogP contribution in [0, 0.1) is 0 Å². The minimum atomic E-state index is 0.379. The van der Waals surface area contributed by atoms with Gasteiger partial charge in [0.05, 0.1) is 12.1 Å². The van der Waals surface area contributed by atoms with Gasteiger partial charge in [0.15, 0.2) is 0 Å². The standard InChI is InChI=1S/C8H10ClNO2/c1-12-8-3-2-6(5-10-11)4-7(8)9/h2-4,10-11H,5H2,1H3. The summed E-state index contributed by atoms with van der Waals surface area (Å²) in [5, 5.41) is 8.96. The fourth-order valence-corrected chi connectivity index (χ4v) is 1.19. The maximum absolute atomic E-state index is 8.41. The molecule has 0 aliphatic heterocycles. The molecule has 4 heteroatoms. The smallest absolute Gasteiger partial charge is 0.137 e. The first-order valence-corrected chi connectivity index (χ1v) is 3.85. The Morgan fingerprint density at radius 1 is 1.58 bits per heavy atom. The summed E-state index contributed by atoms with van der Waals surface area (Å²) in [5.41, 5.74) is 2.96. The largest absolute Gasteiger partial charge is 0.495 e. The van der Waals surface area contributed by atoms with Crippen LogP contribution in [-0.4, -0.2) is 12.3 Å². The van der Waals surface area contributed by atoms with E-state index in [1.807, 2.05) is 11.5 Å². The normalized spacial score (nSPS) is 9.92. The molecule has 0 amide bonds. The molecule has 0 saturated carbocycles. The van der Waals surface area contributed by atoms with Crippen LogP contribution >= 0.6 is 11.6 Å². The van der Waals surface area contributed by atoms with Crippen molar-refractivity contribution in [1.82, 2.24) is 5.48 Å². The zero-order valence-electron chi connectivity index (χ0n) is 6.67. The minimum absolute atomic E-state index is 0.379. The zero-order valence-corrected chi connectivity index (χ0v) is 7.43. The lowest BCUT2D eigenvalue weighted by Gasteiger charge is -2.04. The Bertz CT molecular complexity index is 265. The number of hydroxylamine groups is 1. The number of hydrogen-bond donors (Lipinski definition) is 2. The van der Waals surface area contributed by atoms with Crippen molar-refractivity contribution in [2.45, 2.75) is 6.54 Å². The van der Waals surface area contributed by atoms with Gasteiger partial charge in [-0.15, -0.1) is 0 Å². The van der Waals surface area contributed by atoms with Crippen LogP contribution in [0.25, 0.3) is 0 Å². The van der Waals surface area contributed by atoms with Crippen LogP contribution in [0.15, 0.2) is 18.2 Å². The number of rotatable bonds is 3. The topological polar surface area (TPSA) is 41.5 Å². The molecule has 66 valence electrons. The summed E-state index contributed by atoms with van der Waals surface area (Å²) in [5.74, 6) is 0.637. The summed E-state index contributed by atoms with van der Waals surface area (Å²) in [6, 6.07) is 5.33. The van der Waals surface area contributed by atoms with Gasteiger partial charge < -0.3 is 9.94 Å². The van der Waals surface area contributed by atoms with Gasteiger partial charge in [-0.3, -0.25) is 0 Å². The molecule has 1 aromatic carbocycles. The van der Waals surface area contributed by atoms with Crippen LogP contribution in [-0.2, 0) is 6.54 Å². The predicted octanol–water partition coefficient (Wildman–Crippen LogP) is 1.83. The van der Waals surface area contributed by atoms with Crippen molar-refractivity contribution in [3.63, 3.8) is 0 Å². The minimum Gasteiger partial charge on any atom is -0.495 e. The highest BCUT2D eigenvalue weighted by Gasteiger charge is 2.00. The molecule has 2 N–H and O–H groups in total. The number of hydrogen-bond acceptors (Lipinski definition) is 3. The predicted molar refractivity (Wildman–Crippen MR) is 46.6 cm³/mol. The van der Waals surface area contributed by atoms with E-state index in [0.717, 1.165) is 5.56 Å². The molecule has 1 aromatic rings. The Labute approximate surface area is 75.9 Å². The van der Waals surface area contributed by atoms with Gasteiger partial charge in [0.25, 0.3) is 0 Å². The molecule has 0 bridgehead atoms. The van der Waals surface area contributed by atoms with Crippen LogP contribution in [0.3, 0.4) is 0 Å². The van der Waals surface area contributed by atoms with E-state index in [1.54, 1.807) is 19.2 Å². The maximum atomic E-state index is 8.41. The third-order valence-corrected chi connectivity index (χ3v) is 1.79. The van der Waals surface area contributed by atoms with Gasteiger partial charge in [0.1, 0.15) is 5.75 Å². The van der Waals surface area contributed by atoms with Crippen LogP contribution in [0.1, 0.15) is 5.56 Å². The van der Waals surface area contributed by atoms with E-state index in [9.17, 15) is 0 Å². The number of nitrogens with one attached hydrogen (secondary N) is 1. The van der Waals surface area contributed by atoms with Gasteiger partial charge in [0, 0.05) is 6.54 Å². The molecule has 0 unspecified atom stereocenters. The summed E-state index contributed by atoms with van der Waals surface area (Å²) < 4.78 is 4.96. The quantitative estimate of drug-likeness (QED) is 0.710. The Kier molecular flexibility index (Phi) is 3.34. The SMILES string of the molecule is COc1ccc(CNO)cc1Cl. The molecular weight excluding hydrogens is 178 g/mol. The Morgan fingerprint density at radius 3 is 2.83 bits per heavy atom. The van der Waals surface area contributed by atoms with E-state index in [2.05, 4.69) is 0 Å². The van der Waals surface area contributed by atoms with Gasteiger partial charge in [-0.2, -0.15) is 0 Å². The molecule has 0 aliphatic rings. The molecule has 0 aliphatic carbocycles. The molecule has 0 heterocycles. The number of benzene rings is 1. The number of halogens is 1. The summed E-state index contributed by atoms with van der Waals surface area (Å²) in [4.78, 5) is 0. The van der Waals surface area contributed by atoms with Crippen LogP contribution in [0.5, 0.6) is 5.75 Å². The molecule has 0 saturated heterocycles. The van der Waals surface area contributed by atoms with Gasteiger partial charge in [-0.25, -0.2) is 5.48 Å². The van der Waals surface area contributed by atoms with Gasteiger partial charge in [-0.05, 0) is 17.7 Å². The van der Waals surface area contributed by atoms with E-state index in [0.29, 0.717) is 17.3 Å². The van der Waals surface area contributed by atoms with Crippen molar-refractivity contribution in [3.05, 3.63) is 28.8 Å². The van der Waals surface area contributed by atoms with E-state index < -0.39 is 0 Å². The van der Waals surface area contributed by atoms with Crippen molar-refractivity contribution >= 4 is 11.6 Å². The van der Waals surface area contributed by atoms with Crippen LogP contribution in [0.4, 0.5) is 0 Å². The Balaban J connectivity index is 2.86. The molecule has 0 atom stereocenters. The summed E-state index contributed by atoms with van der Waals surface area (Å²) >= 11 is 5.83. The highest BCUT2D eigenvalue weighted by Crippen LogP contribution is 2.24. The van der Waals surface area contributed by atoms with Gasteiger partial charge >= 0.3 is 0 Å². The highest BCUT2D eigenvalue weighted by molar-refractivity contribution is 6.32. The third kappa shape index (κ3) is 2.11. The first kappa shape index (κ1) is 9.32. The van der Waals surface area contributed by atoms with Crippen molar-refractivity contribution < 1.29 is 9.94 Å². The average molecular weight is 188 g/mol. The molecule has 0 spiro atoms. The maximum Gasteiger partial charge on any atom is 0.137 e. The van der Waals surface area contributed by atoms with Crippen LogP contribution in [0.2, 0.25) is 5.02 Å². The molecule has 0 radical (unpaired) electrons. The van der Waals surface area contributed by atoms with Crippen molar-refractivity contribution in [2.24, 2.45) is 0 Å². The van der Waals surface area contributed by atoms with E-state index in [-0.39, 0.29) is 0 Å². The molecule has 0 aromatic heterocycles. The number of ether oxygens (including phenoxy) is 1. The fraction of sp³-hybridized carbons (Fsp3) is 0.250. The Morgan fingerprint density at radius 2 is 2.33 bits per heavy atom. The third-order valence-electron chi connectivity index (χ3n) is 1.50. The van der Waals surface area contributed by atoms with Crippen LogP contribution < -0.4 is 10.2 Å². The monoisotopic (exact) mass is 187 g/mol. The average Bonchev–Trinajstić information content (AvgIpc) is 2.05. The lowest BCUT2D eigenvalue weighted by molar-refractivity contribution is 0.161. The summed E-state index contributed by atoms with van der Waals surface area (Å²) in [7, 11) is 1.56. The van der Waals surface area contributed by atoms with Crippen molar-refractivity contribution in [1.29, 1.82) is 0 Å². The first-order chi connectivity index (χ1) is 5.77. The number of methoxy groups -OCH3 is 1. The van der Waals surface area contributed by atoms with E-state index >= 15 is 0 Å². The summed E-state index contributed by atoms with van der Waals surface area (Å²) in [6.07, 6.45) is 0. The molecule has 1 rings (SSSR count). The molecule has 12 heavy (non-hydrogen) atoms. The van der Waals surface area contributed by atoms with Crippen molar-refractivity contribution in [3.8, 4) is 5.75 Å². The fourth-order valence-electron chi connectivity index (χ4n) is 0.911. The lowest BCUT2D eigenvalue weighted by atomic mass is 10.2. The second-order valence-corrected chi connectivity index (χ2v) is 2.71. The second kappa shape index (κ2) is 4.30. The van der Waals surface area contributed by atoms with Gasteiger partial charge in [-0.1, -0.05) is 17.7 Å². The second-order valence-electron chi connectivity index (χ2n) is 2.30. The first-order valence-electron chi connectivity index (χ1n) is 3.47. The van der Waals surface area contributed by atoms with E-state index in [1.165, 1.54) is 0 Å². The highest BCUT2D eigenvalue weighted by atomic mass is 35.5. The van der Waals surface area contributed by atoms with Gasteiger partial charge in [0.2, 0.25) is 0 Å². The van der Waals surface area contributed by atoms with E-state index in [4.69, 9.17) is 21.5 Å². The molecular formula is C8H10ClNO2.